The third-order valence-corrected chi connectivity index (χ3v) is 2.26. The zero-order valence-electron chi connectivity index (χ0n) is 9.56. The van der Waals surface area contributed by atoms with E-state index in [0.717, 1.165) is 13.1 Å². The van der Waals surface area contributed by atoms with Gasteiger partial charge in [-0.1, -0.05) is 6.08 Å². The van der Waals surface area contributed by atoms with Crippen LogP contribution in [0.2, 0.25) is 0 Å². The van der Waals surface area contributed by atoms with E-state index in [0.29, 0.717) is 6.54 Å². The Bertz CT molecular complexity index is 261. The highest BCUT2D eigenvalue weighted by molar-refractivity contribution is 5.79. The van der Waals surface area contributed by atoms with Crippen LogP contribution in [-0.2, 0) is 9.53 Å². The summed E-state index contributed by atoms with van der Waals surface area (Å²) in [5.74, 6) is -0.893. The molecule has 0 aromatic carbocycles. The van der Waals surface area contributed by atoms with Gasteiger partial charge in [0.2, 0.25) is 0 Å². The van der Waals surface area contributed by atoms with Crippen molar-refractivity contribution in [2.75, 3.05) is 19.6 Å². The standard InChI is InChI=1S/C11H19NO3/c1-9-7-12(6-4-5-10(13)14)8-11(2,3)15-9/h4-5,9H,6-8H2,1-3H3,(H,13,14)/b5-4+. The summed E-state index contributed by atoms with van der Waals surface area (Å²) in [5.41, 5.74) is -0.144. The number of carbonyl (C=O) groups is 1. The first-order chi connectivity index (χ1) is 6.89. The first-order valence-corrected chi connectivity index (χ1v) is 5.19. The van der Waals surface area contributed by atoms with Crippen LogP contribution < -0.4 is 0 Å². The largest absolute Gasteiger partial charge is 0.478 e. The second kappa shape index (κ2) is 4.77. The Balaban J connectivity index is 2.45. The maximum atomic E-state index is 10.3. The Hall–Kier alpha value is -0.870. The van der Waals surface area contributed by atoms with Crippen molar-refractivity contribution in [3.8, 4) is 0 Å². The van der Waals surface area contributed by atoms with E-state index in [1.54, 1.807) is 6.08 Å². The average molecular weight is 213 g/mol. The van der Waals surface area contributed by atoms with Gasteiger partial charge in [-0.05, 0) is 20.8 Å². The van der Waals surface area contributed by atoms with E-state index in [2.05, 4.69) is 18.7 Å². The Kier molecular flexibility index (Phi) is 3.88. The summed E-state index contributed by atoms with van der Waals surface area (Å²) in [5, 5.41) is 8.47. The van der Waals surface area contributed by atoms with E-state index in [4.69, 9.17) is 9.84 Å². The highest BCUT2D eigenvalue weighted by Gasteiger charge is 2.30. The van der Waals surface area contributed by atoms with Crippen LogP contribution in [0.3, 0.4) is 0 Å². The molecule has 1 saturated heterocycles. The zero-order valence-corrected chi connectivity index (χ0v) is 9.56. The Morgan fingerprint density at radius 3 is 2.87 bits per heavy atom. The van der Waals surface area contributed by atoms with Gasteiger partial charge < -0.3 is 9.84 Å². The fourth-order valence-corrected chi connectivity index (χ4v) is 2.03. The fourth-order valence-electron chi connectivity index (χ4n) is 2.03. The van der Waals surface area contributed by atoms with Crippen LogP contribution in [0.1, 0.15) is 20.8 Å². The molecule has 1 aliphatic heterocycles. The van der Waals surface area contributed by atoms with Gasteiger partial charge in [-0.2, -0.15) is 0 Å². The summed E-state index contributed by atoms with van der Waals surface area (Å²) in [6, 6.07) is 0. The summed E-state index contributed by atoms with van der Waals surface area (Å²) in [4.78, 5) is 12.5. The van der Waals surface area contributed by atoms with Gasteiger partial charge in [-0.15, -0.1) is 0 Å². The molecular weight excluding hydrogens is 194 g/mol. The molecule has 1 rings (SSSR count). The number of carboxylic acid groups (broad SMARTS) is 1. The molecule has 0 aliphatic carbocycles. The molecule has 86 valence electrons. The van der Waals surface area contributed by atoms with E-state index >= 15 is 0 Å². The van der Waals surface area contributed by atoms with Crippen LogP contribution >= 0.6 is 0 Å². The molecule has 1 N–H and O–H groups in total. The van der Waals surface area contributed by atoms with E-state index < -0.39 is 5.97 Å². The van der Waals surface area contributed by atoms with Gasteiger partial charge >= 0.3 is 5.97 Å². The Morgan fingerprint density at radius 2 is 2.33 bits per heavy atom. The molecule has 1 atom stereocenters. The van der Waals surface area contributed by atoms with Crippen LogP contribution in [-0.4, -0.2) is 47.3 Å². The molecule has 4 heteroatoms. The van der Waals surface area contributed by atoms with Crippen molar-refractivity contribution in [2.45, 2.75) is 32.5 Å². The average Bonchev–Trinajstić information content (AvgIpc) is 1.98. The lowest BCUT2D eigenvalue weighted by molar-refractivity contribution is -0.131. The number of hydrogen-bond acceptors (Lipinski definition) is 3. The SMILES string of the molecule is CC1CN(C/C=C/C(=O)O)CC(C)(C)O1. The summed E-state index contributed by atoms with van der Waals surface area (Å²) >= 11 is 0. The van der Waals surface area contributed by atoms with Gasteiger partial charge in [0.05, 0.1) is 11.7 Å². The van der Waals surface area contributed by atoms with E-state index in [1.807, 2.05) is 6.92 Å². The summed E-state index contributed by atoms with van der Waals surface area (Å²) in [6.07, 6.45) is 3.07. The Morgan fingerprint density at radius 1 is 1.67 bits per heavy atom. The third-order valence-electron chi connectivity index (χ3n) is 2.26. The predicted octanol–water partition coefficient (Wildman–Crippen LogP) is 1.13. The molecule has 0 bridgehead atoms. The maximum absolute atomic E-state index is 10.3. The lowest BCUT2D eigenvalue weighted by atomic mass is 10.1. The molecule has 0 aromatic heterocycles. The third kappa shape index (κ3) is 4.44. The number of aliphatic carboxylic acids is 1. The molecule has 1 fully saturated rings. The lowest BCUT2D eigenvalue weighted by Gasteiger charge is -2.41. The first kappa shape index (κ1) is 12.2. The lowest BCUT2D eigenvalue weighted by Crippen LogP contribution is -2.51. The van der Waals surface area contributed by atoms with Crippen molar-refractivity contribution in [1.82, 2.24) is 4.90 Å². The van der Waals surface area contributed by atoms with Crippen LogP contribution in [0.15, 0.2) is 12.2 Å². The molecule has 1 heterocycles. The van der Waals surface area contributed by atoms with Crippen molar-refractivity contribution < 1.29 is 14.6 Å². The highest BCUT2D eigenvalue weighted by atomic mass is 16.5. The summed E-state index contributed by atoms with van der Waals surface area (Å²) in [7, 11) is 0. The molecule has 0 amide bonds. The topological polar surface area (TPSA) is 49.8 Å². The van der Waals surface area contributed by atoms with Crippen molar-refractivity contribution in [1.29, 1.82) is 0 Å². The van der Waals surface area contributed by atoms with Crippen LogP contribution in [0, 0.1) is 0 Å². The minimum atomic E-state index is -0.893. The smallest absolute Gasteiger partial charge is 0.328 e. The molecule has 0 aromatic rings. The molecule has 0 spiro atoms. The summed E-state index contributed by atoms with van der Waals surface area (Å²) in [6.45, 7) is 8.50. The van der Waals surface area contributed by atoms with Crippen LogP contribution in [0.25, 0.3) is 0 Å². The van der Waals surface area contributed by atoms with Gasteiger partial charge in [0.15, 0.2) is 0 Å². The summed E-state index contributed by atoms with van der Waals surface area (Å²) < 4.78 is 5.75. The van der Waals surface area contributed by atoms with Gasteiger partial charge in [-0.25, -0.2) is 4.79 Å². The number of nitrogens with zero attached hydrogens (tertiary/aromatic N) is 1. The van der Waals surface area contributed by atoms with Gasteiger partial charge in [0.1, 0.15) is 0 Å². The van der Waals surface area contributed by atoms with E-state index in [9.17, 15) is 4.79 Å². The minimum Gasteiger partial charge on any atom is -0.478 e. The predicted molar refractivity (Wildman–Crippen MR) is 57.8 cm³/mol. The second-order valence-electron chi connectivity index (χ2n) is 4.62. The molecule has 1 aliphatic rings. The van der Waals surface area contributed by atoms with Crippen molar-refractivity contribution in [3.05, 3.63) is 12.2 Å². The van der Waals surface area contributed by atoms with Gasteiger partial charge in [0.25, 0.3) is 0 Å². The number of morpholine rings is 1. The molecule has 15 heavy (non-hydrogen) atoms. The van der Waals surface area contributed by atoms with Crippen molar-refractivity contribution in [2.24, 2.45) is 0 Å². The molecule has 1 unspecified atom stereocenters. The minimum absolute atomic E-state index is 0.144. The quantitative estimate of drug-likeness (QED) is 0.714. The second-order valence-corrected chi connectivity index (χ2v) is 4.62. The van der Waals surface area contributed by atoms with Crippen molar-refractivity contribution in [3.63, 3.8) is 0 Å². The number of rotatable bonds is 3. The highest BCUT2D eigenvalue weighted by Crippen LogP contribution is 2.20. The monoisotopic (exact) mass is 213 g/mol. The number of ether oxygens (including phenoxy) is 1. The first-order valence-electron chi connectivity index (χ1n) is 5.19. The zero-order chi connectivity index (χ0) is 11.5. The van der Waals surface area contributed by atoms with E-state index in [-0.39, 0.29) is 11.7 Å². The normalized spacial score (nSPS) is 27.0. The van der Waals surface area contributed by atoms with E-state index in [1.165, 1.54) is 6.08 Å². The molecular formula is C11H19NO3. The fraction of sp³-hybridized carbons (Fsp3) is 0.727. The Labute approximate surface area is 90.5 Å². The number of hydrogen-bond donors (Lipinski definition) is 1. The molecule has 0 radical (unpaired) electrons. The van der Waals surface area contributed by atoms with Crippen molar-refractivity contribution >= 4 is 5.97 Å². The van der Waals surface area contributed by atoms with Gasteiger partial charge in [0, 0.05) is 25.7 Å². The molecule has 0 saturated carbocycles. The molecule has 4 nitrogen and oxygen atoms in total. The van der Waals surface area contributed by atoms with Gasteiger partial charge in [-0.3, -0.25) is 4.90 Å². The maximum Gasteiger partial charge on any atom is 0.328 e. The van der Waals surface area contributed by atoms with Crippen LogP contribution in [0.4, 0.5) is 0 Å². The van der Waals surface area contributed by atoms with Crippen LogP contribution in [0.5, 0.6) is 0 Å². The number of carboxylic acids is 1.